The summed E-state index contributed by atoms with van der Waals surface area (Å²) in [6.07, 6.45) is 1.92. The molecule has 4 atom stereocenters. The van der Waals surface area contributed by atoms with Crippen molar-refractivity contribution in [3.8, 4) is 11.1 Å². The zero-order valence-electron chi connectivity index (χ0n) is 20.0. The smallest absolute Gasteiger partial charge is 0.407 e. The van der Waals surface area contributed by atoms with E-state index < -0.39 is 12.1 Å². The van der Waals surface area contributed by atoms with Gasteiger partial charge in [0.2, 0.25) is 5.91 Å². The SMILES string of the molecule is CC1CN(C(=O)[C@H]2CCC[C@H]2NC(=O)OCC2c3ccccc3-c3ccccc32)CC1CC(=O)O. The Hall–Kier alpha value is -3.35. The largest absolute Gasteiger partial charge is 0.481 e. The fourth-order valence-corrected chi connectivity index (χ4v) is 6.16. The van der Waals surface area contributed by atoms with Crippen LogP contribution in [0.5, 0.6) is 0 Å². The number of aliphatic carboxylic acids is 1. The molecular weight excluding hydrogens is 444 g/mol. The lowest BCUT2D eigenvalue weighted by Crippen LogP contribution is -2.45. The fourth-order valence-electron chi connectivity index (χ4n) is 6.16. The molecule has 2 amide bonds. The van der Waals surface area contributed by atoms with Crippen molar-refractivity contribution in [3.05, 3.63) is 59.7 Å². The Morgan fingerprint density at radius 3 is 2.31 bits per heavy atom. The molecule has 1 saturated heterocycles. The lowest BCUT2D eigenvalue weighted by atomic mass is 9.95. The number of ether oxygens (including phenoxy) is 1. The number of benzene rings is 2. The van der Waals surface area contributed by atoms with Crippen LogP contribution in [0.2, 0.25) is 0 Å². The Morgan fingerprint density at radius 2 is 1.66 bits per heavy atom. The number of amides is 2. The highest BCUT2D eigenvalue weighted by Crippen LogP contribution is 2.44. The number of hydrogen-bond acceptors (Lipinski definition) is 4. The van der Waals surface area contributed by atoms with E-state index in [1.807, 2.05) is 31.2 Å². The normalized spacial score (nSPS) is 25.2. The lowest BCUT2D eigenvalue weighted by molar-refractivity contribution is -0.139. The Balaban J connectivity index is 1.19. The minimum absolute atomic E-state index is 0.00795. The van der Waals surface area contributed by atoms with Crippen LogP contribution in [0.4, 0.5) is 4.79 Å². The number of alkyl carbamates (subject to hydrolysis) is 1. The van der Waals surface area contributed by atoms with E-state index in [4.69, 9.17) is 9.84 Å². The molecule has 7 heteroatoms. The molecule has 2 unspecified atom stereocenters. The van der Waals surface area contributed by atoms with Gasteiger partial charge in [-0.25, -0.2) is 4.79 Å². The topological polar surface area (TPSA) is 95.9 Å². The average Bonchev–Trinajstić information content (AvgIpc) is 3.53. The average molecular weight is 477 g/mol. The van der Waals surface area contributed by atoms with E-state index in [1.165, 1.54) is 11.1 Å². The summed E-state index contributed by atoms with van der Waals surface area (Å²) >= 11 is 0. The number of carboxylic acids is 1. The molecule has 2 fully saturated rings. The maximum atomic E-state index is 13.2. The van der Waals surface area contributed by atoms with Crippen molar-refractivity contribution in [3.63, 3.8) is 0 Å². The Kier molecular flexibility index (Phi) is 6.50. The molecular formula is C28H32N2O5. The van der Waals surface area contributed by atoms with Crippen molar-refractivity contribution >= 4 is 18.0 Å². The molecule has 2 N–H and O–H groups in total. The first-order valence-corrected chi connectivity index (χ1v) is 12.5. The number of carbonyl (C=O) groups excluding carboxylic acids is 2. The van der Waals surface area contributed by atoms with E-state index in [9.17, 15) is 14.4 Å². The van der Waals surface area contributed by atoms with E-state index in [0.717, 1.165) is 30.4 Å². The van der Waals surface area contributed by atoms with Crippen LogP contribution in [-0.2, 0) is 14.3 Å². The van der Waals surface area contributed by atoms with Crippen LogP contribution in [0, 0.1) is 17.8 Å². The summed E-state index contributed by atoms with van der Waals surface area (Å²) in [7, 11) is 0. The van der Waals surface area contributed by atoms with E-state index in [-0.39, 0.29) is 48.6 Å². The maximum Gasteiger partial charge on any atom is 0.407 e. The zero-order valence-corrected chi connectivity index (χ0v) is 20.0. The quantitative estimate of drug-likeness (QED) is 0.649. The van der Waals surface area contributed by atoms with Crippen molar-refractivity contribution in [2.45, 2.75) is 44.6 Å². The molecule has 1 aliphatic heterocycles. The summed E-state index contributed by atoms with van der Waals surface area (Å²) in [5.74, 6) is -0.966. The van der Waals surface area contributed by atoms with Crippen molar-refractivity contribution in [1.82, 2.24) is 10.2 Å². The molecule has 1 saturated carbocycles. The van der Waals surface area contributed by atoms with Crippen molar-refractivity contribution in [1.29, 1.82) is 0 Å². The molecule has 7 nitrogen and oxygen atoms in total. The predicted molar refractivity (Wildman–Crippen MR) is 131 cm³/mol. The molecule has 0 aromatic heterocycles. The molecule has 2 aliphatic carbocycles. The van der Waals surface area contributed by atoms with E-state index in [1.54, 1.807) is 4.90 Å². The van der Waals surface area contributed by atoms with Gasteiger partial charge in [-0.15, -0.1) is 0 Å². The summed E-state index contributed by atoms with van der Waals surface area (Å²) in [4.78, 5) is 38.9. The Labute approximate surface area is 205 Å². The number of carbonyl (C=O) groups is 3. The minimum Gasteiger partial charge on any atom is -0.481 e. The molecule has 2 aromatic carbocycles. The standard InChI is InChI=1S/C28H32N2O5/c1-17-14-30(15-18(17)13-26(31)32)27(33)23-11-6-12-25(23)29-28(34)35-16-24-21-9-4-2-7-19(21)20-8-3-5-10-22(20)24/h2-5,7-10,17-18,23-25H,6,11-16H2,1H3,(H,29,34)(H,31,32)/t17?,18?,23-,25+/m0/s1. The lowest BCUT2D eigenvalue weighted by Gasteiger charge is -2.26. The van der Waals surface area contributed by atoms with Gasteiger partial charge in [0.05, 0.1) is 12.3 Å². The first-order chi connectivity index (χ1) is 16.9. The van der Waals surface area contributed by atoms with Gasteiger partial charge < -0.3 is 20.1 Å². The van der Waals surface area contributed by atoms with Crippen LogP contribution in [0.15, 0.2) is 48.5 Å². The van der Waals surface area contributed by atoms with Gasteiger partial charge in [-0.2, -0.15) is 0 Å². The van der Waals surface area contributed by atoms with Gasteiger partial charge in [0.15, 0.2) is 0 Å². The van der Waals surface area contributed by atoms with Gasteiger partial charge in [0.25, 0.3) is 0 Å². The van der Waals surface area contributed by atoms with Crippen LogP contribution >= 0.6 is 0 Å². The van der Waals surface area contributed by atoms with Gasteiger partial charge in [-0.3, -0.25) is 9.59 Å². The monoisotopic (exact) mass is 476 g/mol. The number of nitrogens with zero attached hydrogens (tertiary/aromatic N) is 1. The highest BCUT2D eigenvalue weighted by atomic mass is 16.5. The minimum atomic E-state index is -0.827. The molecule has 0 radical (unpaired) electrons. The van der Waals surface area contributed by atoms with Crippen molar-refractivity contribution in [2.75, 3.05) is 19.7 Å². The molecule has 0 bridgehead atoms. The van der Waals surface area contributed by atoms with Crippen LogP contribution in [0.25, 0.3) is 11.1 Å². The number of nitrogens with one attached hydrogen (secondary N) is 1. The Bertz CT molecular complexity index is 1090. The molecule has 5 rings (SSSR count). The van der Waals surface area contributed by atoms with Crippen molar-refractivity contribution < 1.29 is 24.2 Å². The molecule has 2 aromatic rings. The molecule has 184 valence electrons. The second kappa shape index (κ2) is 9.72. The molecule has 3 aliphatic rings. The maximum absolute atomic E-state index is 13.2. The number of hydrogen-bond donors (Lipinski definition) is 2. The number of likely N-dealkylation sites (tertiary alicyclic amines) is 1. The summed E-state index contributed by atoms with van der Waals surface area (Å²) < 4.78 is 5.69. The van der Waals surface area contributed by atoms with E-state index in [0.29, 0.717) is 13.1 Å². The van der Waals surface area contributed by atoms with Crippen molar-refractivity contribution in [2.24, 2.45) is 17.8 Å². The number of rotatable bonds is 6. The van der Waals surface area contributed by atoms with Gasteiger partial charge >= 0.3 is 12.1 Å². The molecule has 1 heterocycles. The molecule has 0 spiro atoms. The molecule has 35 heavy (non-hydrogen) atoms. The van der Waals surface area contributed by atoms with Crippen LogP contribution in [0.3, 0.4) is 0 Å². The number of carboxylic acid groups (broad SMARTS) is 1. The van der Waals surface area contributed by atoms with Crippen LogP contribution in [0.1, 0.15) is 49.7 Å². The summed E-state index contributed by atoms with van der Waals surface area (Å²) in [6, 6.07) is 16.2. The predicted octanol–water partition coefficient (Wildman–Crippen LogP) is 4.26. The summed E-state index contributed by atoms with van der Waals surface area (Å²) in [6.45, 7) is 3.29. The van der Waals surface area contributed by atoms with Gasteiger partial charge in [0.1, 0.15) is 6.61 Å². The highest BCUT2D eigenvalue weighted by molar-refractivity contribution is 5.82. The third-order valence-corrected chi connectivity index (χ3v) is 8.00. The fraction of sp³-hybridized carbons (Fsp3) is 0.464. The second-order valence-electron chi connectivity index (χ2n) is 10.2. The first kappa shape index (κ1) is 23.4. The zero-order chi connectivity index (χ0) is 24.5. The van der Waals surface area contributed by atoms with Crippen LogP contribution < -0.4 is 5.32 Å². The third kappa shape index (κ3) is 4.64. The Morgan fingerprint density at radius 1 is 1.00 bits per heavy atom. The van der Waals surface area contributed by atoms with Crippen LogP contribution in [-0.4, -0.2) is 53.7 Å². The van der Waals surface area contributed by atoms with Gasteiger partial charge in [0, 0.05) is 25.0 Å². The van der Waals surface area contributed by atoms with E-state index in [2.05, 4.69) is 29.6 Å². The van der Waals surface area contributed by atoms with Gasteiger partial charge in [-0.05, 0) is 46.9 Å². The third-order valence-electron chi connectivity index (χ3n) is 8.00. The summed E-state index contributed by atoms with van der Waals surface area (Å²) in [5.41, 5.74) is 4.68. The number of fused-ring (bicyclic) bond motifs is 3. The highest BCUT2D eigenvalue weighted by Gasteiger charge is 2.41. The van der Waals surface area contributed by atoms with E-state index >= 15 is 0 Å². The second-order valence-corrected chi connectivity index (χ2v) is 10.2. The first-order valence-electron chi connectivity index (χ1n) is 12.5. The van der Waals surface area contributed by atoms with Gasteiger partial charge in [-0.1, -0.05) is 61.9 Å². The summed E-state index contributed by atoms with van der Waals surface area (Å²) in [5, 5.41) is 12.1.